The van der Waals surface area contributed by atoms with Gasteiger partial charge in [-0.1, -0.05) is 11.2 Å². The first kappa shape index (κ1) is 15.2. The van der Waals surface area contributed by atoms with Crippen LogP contribution in [0.3, 0.4) is 0 Å². The number of hydrogen-bond acceptors (Lipinski definition) is 4. The standard InChI is InChI=1S/C16H21N3O2/c1-11-14(13(3)21-18-11)8-9-16(20)19(4)12(2)15-7-5-6-10-17-15/h5-7,10,12H,8-9H2,1-4H3/t12-/m0/s1. The zero-order chi connectivity index (χ0) is 15.4. The van der Waals surface area contributed by atoms with Gasteiger partial charge < -0.3 is 9.42 Å². The largest absolute Gasteiger partial charge is 0.361 e. The van der Waals surface area contributed by atoms with Gasteiger partial charge in [0.2, 0.25) is 5.91 Å². The van der Waals surface area contributed by atoms with Crippen LogP contribution < -0.4 is 0 Å². The van der Waals surface area contributed by atoms with Crippen LogP contribution in [0, 0.1) is 13.8 Å². The van der Waals surface area contributed by atoms with Crippen LogP contribution in [0.4, 0.5) is 0 Å². The Hall–Kier alpha value is -2.17. The van der Waals surface area contributed by atoms with Gasteiger partial charge in [-0.25, -0.2) is 0 Å². The summed E-state index contributed by atoms with van der Waals surface area (Å²) in [6, 6.07) is 5.70. The lowest BCUT2D eigenvalue weighted by molar-refractivity contribution is -0.131. The molecule has 0 spiro atoms. The van der Waals surface area contributed by atoms with E-state index in [-0.39, 0.29) is 11.9 Å². The number of aromatic nitrogens is 2. The van der Waals surface area contributed by atoms with Crippen LogP contribution in [0.5, 0.6) is 0 Å². The van der Waals surface area contributed by atoms with Crippen LogP contribution in [0.2, 0.25) is 0 Å². The lowest BCUT2D eigenvalue weighted by Crippen LogP contribution is -2.30. The number of carbonyl (C=O) groups excluding carboxylic acids is 1. The molecule has 0 saturated carbocycles. The summed E-state index contributed by atoms with van der Waals surface area (Å²) < 4.78 is 5.12. The third kappa shape index (κ3) is 3.48. The van der Waals surface area contributed by atoms with Crippen LogP contribution in [-0.2, 0) is 11.2 Å². The van der Waals surface area contributed by atoms with Gasteiger partial charge in [-0.15, -0.1) is 0 Å². The van der Waals surface area contributed by atoms with Crippen molar-refractivity contribution in [2.75, 3.05) is 7.05 Å². The van der Waals surface area contributed by atoms with E-state index in [1.165, 1.54) is 0 Å². The van der Waals surface area contributed by atoms with Crippen molar-refractivity contribution in [3.8, 4) is 0 Å². The van der Waals surface area contributed by atoms with E-state index in [1.54, 1.807) is 11.1 Å². The van der Waals surface area contributed by atoms with Gasteiger partial charge in [-0.2, -0.15) is 0 Å². The number of pyridine rings is 1. The van der Waals surface area contributed by atoms with Gasteiger partial charge in [0, 0.05) is 25.2 Å². The van der Waals surface area contributed by atoms with Crippen molar-refractivity contribution in [3.63, 3.8) is 0 Å². The average Bonchev–Trinajstić information content (AvgIpc) is 2.83. The summed E-state index contributed by atoms with van der Waals surface area (Å²) in [7, 11) is 1.81. The topological polar surface area (TPSA) is 59.2 Å². The molecule has 2 heterocycles. The molecule has 2 aromatic heterocycles. The zero-order valence-electron chi connectivity index (χ0n) is 13.0. The van der Waals surface area contributed by atoms with Gasteiger partial charge in [-0.3, -0.25) is 9.78 Å². The highest BCUT2D eigenvalue weighted by molar-refractivity contribution is 5.76. The van der Waals surface area contributed by atoms with E-state index in [4.69, 9.17) is 4.52 Å². The van der Waals surface area contributed by atoms with Crippen molar-refractivity contribution in [1.29, 1.82) is 0 Å². The Morgan fingerprint density at radius 3 is 2.71 bits per heavy atom. The molecule has 2 rings (SSSR count). The first-order valence-electron chi connectivity index (χ1n) is 7.09. The van der Waals surface area contributed by atoms with Gasteiger partial charge in [0.15, 0.2) is 0 Å². The molecule has 0 aromatic carbocycles. The highest BCUT2D eigenvalue weighted by Gasteiger charge is 2.19. The molecule has 0 aliphatic heterocycles. The maximum absolute atomic E-state index is 12.3. The average molecular weight is 287 g/mol. The monoisotopic (exact) mass is 287 g/mol. The van der Waals surface area contributed by atoms with Crippen LogP contribution in [-0.4, -0.2) is 28.0 Å². The lowest BCUT2D eigenvalue weighted by atomic mass is 10.1. The first-order chi connectivity index (χ1) is 10.0. The fourth-order valence-corrected chi connectivity index (χ4v) is 2.30. The maximum Gasteiger partial charge on any atom is 0.223 e. The van der Waals surface area contributed by atoms with Crippen molar-refractivity contribution in [2.24, 2.45) is 0 Å². The molecule has 0 saturated heterocycles. The normalized spacial score (nSPS) is 12.2. The summed E-state index contributed by atoms with van der Waals surface area (Å²) in [5.41, 5.74) is 2.79. The van der Waals surface area contributed by atoms with E-state index in [9.17, 15) is 4.79 Å². The molecule has 5 nitrogen and oxygen atoms in total. The summed E-state index contributed by atoms with van der Waals surface area (Å²) >= 11 is 0. The van der Waals surface area contributed by atoms with Crippen molar-refractivity contribution in [1.82, 2.24) is 15.0 Å². The van der Waals surface area contributed by atoms with Gasteiger partial charge in [0.1, 0.15) is 5.76 Å². The maximum atomic E-state index is 12.3. The minimum Gasteiger partial charge on any atom is -0.361 e. The van der Waals surface area contributed by atoms with Crippen molar-refractivity contribution in [3.05, 3.63) is 47.1 Å². The molecule has 0 unspecified atom stereocenters. The molecule has 21 heavy (non-hydrogen) atoms. The van der Waals surface area contributed by atoms with E-state index in [0.29, 0.717) is 12.8 Å². The predicted molar refractivity (Wildman–Crippen MR) is 79.7 cm³/mol. The Morgan fingerprint density at radius 1 is 1.38 bits per heavy atom. The van der Waals surface area contributed by atoms with E-state index < -0.39 is 0 Å². The number of aryl methyl sites for hydroxylation is 2. The number of hydrogen-bond donors (Lipinski definition) is 0. The van der Waals surface area contributed by atoms with E-state index in [1.807, 2.05) is 46.0 Å². The van der Waals surface area contributed by atoms with E-state index in [2.05, 4.69) is 10.1 Å². The second-order valence-corrected chi connectivity index (χ2v) is 5.24. The molecule has 1 atom stereocenters. The first-order valence-corrected chi connectivity index (χ1v) is 7.09. The molecule has 0 aliphatic carbocycles. The molecule has 0 N–H and O–H groups in total. The molecule has 0 radical (unpaired) electrons. The SMILES string of the molecule is Cc1noc(C)c1CCC(=O)N(C)[C@@H](C)c1ccccn1. The van der Waals surface area contributed by atoms with Gasteiger partial charge in [0.25, 0.3) is 0 Å². The lowest BCUT2D eigenvalue weighted by Gasteiger charge is -2.24. The molecule has 2 aromatic rings. The molecular weight excluding hydrogens is 266 g/mol. The van der Waals surface area contributed by atoms with Crippen LogP contribution in [0.1, 0.15) is 42.1 Å². The van der Waals surface area contributed by atoms with E-state index >= 15 is 0 Å². The summed E-state index contributed by atoms with van der Waals surface area (Å²) in [5.74, 6) is 0.883. The van der Waals surface area contributed by atoms with Crippen molar-refractivity contribution < 1.29 is 9.32 Å². The Morgan fingerprint density at radius 2 is 2.14 bits per heavy atom. The zero-order valence-corrected chi connectivity index (χ0v) is 13.0. The van der Waals surface area contributed by atoms with Gasteiger partial charge in [0.05, 0.1) is 17.4 Å². The molecule has 0 fully saturated rings. The van der Waals surface area contributed by atoms with Crippen LogP contribution in [0.25, 0.3) is 0 Å². The Bertz CT molecular complexity index is 588. The second kappa shape index (κ2) is 6.52. The molecule has 5 heteroatoms. The third-order valence-corrected chi connectivity index (χ3v) is 3.86. The van der Waals surface area contributed by atoms with Crippen LogP contribution in [0.15, 0.2) is 28.9 Å². The van der Waals surface area contributed by atoms with Crippen molar-refractivity contribution >= 4 is 5.91 Å². The van der Waals surface area contributed by atoms with Gasteiger partial charge >= 0.3 is 0 Å². The highest BCUT2D eigenvalue weighted by Crippen LogP contribution is 2.19. The summed E-state index contributed by atoms with van der Waals surface area (Å²) in [6.45, 7) is 5.76. The molecule has 112 valence electrons. The molecular formula is C16H21N3O2. The summed E-state index contributed by atoms with van der Waals surface area (Å²) in [5, 5.41) is 3.91. The minimum atomic E-state index is -0.0385. The van der Waals surface area contributed by atoms with Crippen molar-refractivity contribution in [2.45, 2.75) is 39.7 Å². The number of rotatable bonds is 5. The quantitative estimate of drug-likeness (QED) is 0.848. The minimum absolute atomic E-state index is 0.0385. The Balaban J connectivity index is 1.97. The summed E-state index contributed by atoms with van der Waals surface area (Å²) in [4.78, 5) is 18.4. The molecule has 0 bridgehead atoms. The van der Waals surface area contributed by atoms with Crippen LogP contribution >= 0.6 is 0 Å². The van der Waals surface area contributed by atoms with E-state index in [0.717, 1.165) is 22.7 Å². The Labute approximate surface area is 125 Å². The second-order valence-electron chi connectivity index (χ2n) is 5.24. The number of amides is 1. The third-order valence-electron chi connectivity index (χ3n) is 3.86. The Kier molecular flexibility index (Phi) is 4.73. The molecule has 0 aliphatic rings. The fourth-order valence-electron chi connectivity index (χ4n) is 2.30. The number of carbonyl (C=O) groups is 1. The predicted octanol–water partition coefficient (Wildman–Crippen LogP) is 2.84. The summed E-state index contributed by atoms with van der Waals surface area (Å²) in [6.07, 6.45) is 2.84. The smallest absolute Gasteiger partial charge is 0.223 e. The highest BCUT2D eigenvalue weighted by atomic mass is 16.5. The molecule has 1 amide bonds. The van der Waals surface area contributed by atoms with Gasteiger partial charge in [-0.05, 0) is 39.3 Å². The number of nitrogens with zero attached hydrogens (tertiary/aromatic N) is 3. The fraction of sp³-hybridized carbons (Fsp3) is 0.438.